The Morgan fingerprint density at radius 2 is 1.86 bits per heavy atom. The fourth-order valence-electron chi connectivity index (χ4n) is 6.06. The molecule has 0 radical (unpaired) electrons. The molecule has 1 aliphatic heterocycles. The Balaban J connectivity index is 1.11. The van der Waals surface area contributed by atoms with Crippen molar-refractivity contribution >= 4 is 28.2 Å². The molecule has 1 saturated carbocycles. The van der Waals surface area contributed by atoms with E-state index in [1.807, 2.05) is 40.6 Å². The number of rotatable bonds is 3. The third-order valence-corrected chi connectivity index (χ3v) is 7.96. The zero-order valence-corrected chi connectivity index (χ0v) is 20.2. The lowest BCUT2D eigenvalue weighted by Gasteiger charge is -2.43. The molecule has 6 rings (SSSR count). The van der Waals surface area contributed by atoms with Crippen molar-refractivity contribution in [1.82, 2.24) is 24.8 Å². The summed E-state index contributed by atoms with van der Waals surface area (Å²) in [6.45, 7) is 3.46. The normalized spacial score (nSPS) is 21.9. The molecule has 8 heteroatoms. The highest BCUT2D eigenvalue weighted by atomic mass is 16.2. The number of carbonyl (C=O) groups excluding carboxylic acids is 2. The molecule has 4 heterocycles. The van der Waals surface area contributed by atoms with Crippen LogP contribution < -0.4 is 10.9 Å². The molecule has 3 atom stereocenters. The molecular formula is C28H29N5O3. The van der Waals surface area contributed by atoms with Crippen molar-refractivity contribution in [1.29, 1.82) is 0 Å². The Morgan fingerprint density at radius 3 is 2.75 bits per heavy atom. The van der Waals surface area contributed by atoms with Gasteiger partial charge in [-0.25, -0.2) is 4.52 Å². The van der Waals surface area contributed by atoms with Crippen molar-refractivity contribution < 1.29 is 9.59 Å². The number of pyridine rings is 2. The summed E-state index contributed by atoms with van der Waals surface area (Å²) >= 11 is 0. The van der Waals surface area contributed by atoms with Crippen LogP contribution >= 0.6 is 0 Å². The highest BCUT2D eigenvalue weighted by molar-refractivity contribution is 6.06. The summed E-state index contributed by atoms with van der Waals surface area (Å²) < 4.78 is 1.82. The molecule has 3 aromatic heterocycles. The number of carbonyl (C=O) groups is 2. The van der Waals surface area contributed by atoms with E-state index in [2.05, 4.69) is 15.4 Å². The van der Waals surface area contributed by atoms with Crippen molar-refractivity contribution in [3.63, 3.8) is 0 Å². The van der Waals surface area contributed by atoms with Crippen molar-refractivity contribution in [3.8, 4) is 0 Å². The first kappa shape index (κ1) is 22.5. The number of hydrogen-bond acceptors (Lipinski definition) is 4. The second kappa shape index (κ2) is 8.93. The van der Waals surface area contributed by atoms with Gasteiger partial charge in [-0.1, -0.05) is 12.1 Å². The van der Waals surface area contributed by atoms with Crippen molar-refractivity contribution in [2.45, 2.75) is 38.6 Å². The van der Waals surface area contributed by atoms with E-state index in [-0.39, 0.29) is 23.4 Å². The van der Waals surface area contributed by atoms with Crippen LogP contribution in [0, 0.1) is 18.8 Å². The molecule has 0 spiro atoms. The van der Waals surface area contributed by atoms with E-state index in [1.54, 1.807) is 24.4 Å². The molecule has 2 amide bonds. The summed E-state index contributed by atoms with van der Waals surface area (Å²) in [5.41, 5.74) is 3.58. The number of aromatic nitrogens is 3. The van der Waals surface area contributed by atoms with Gasteiger partial charge in [-0.2, -0.15) is 5.10 Å². The molecule has 36 heavy (non-hydrogen) atoms. The first-order chi connectivity index (χ1) is 17.5. The molecular weight excluding hydrogens is 454 g/mol. The van der Waals surface area contributed by atoms with Crippen molar-refractivity contribution in [3.05, 3.63) is 81.9 Å². The Kier molecular flexibility index (Phi) is 5.59. The number of nitrogens with zero attached hydrogens (tertiary/aromatic N) is 3. The minimum absolute atomic E-state index is 0.0541. The van der Waals surface area contributed by atoms with Gasteiger partial charge in [0.1, 0.15) is 0 Å². The maximum atomic E-state index is 13.3. The number of nitrogens with one attached hydrogen (secondary N) is 2. The van der Waals surface area contributed by atoms with Gasteiger partial charge >= 0.3 is 0 Å². The minimum atomic E-state index is -0.181. The van der Waals surface area contributed by atoms with E-state index < -0.39 is 0 Å². The molecule has 4 aromatic rings. The van der Waals surface area contributed by atoms with Crippen LogP contribution in [0.15, 0.2) is 59.5 Å². The summed E-state index contributed by atoms with van der Waals surface area (Å²) in [7, 11) is 0. The first-order valence-corrected chi connectivity index (χ1v) is 12.6. The van der Waals surface area contributed by atoms with E-state index in [1.165, 1.54) is 6.07 Å². The van der Waals surface area contributed by atoms with E-state index in [9.17, 15) is 14.4 Å². The lowest BCUT2D eigenvalue weighted by atomic mass is 9.73. The van der Waals surface area contributed by atoms with E-state index in [0.29, 0.717) is 28.5 Å². The Bertz CT molecular complexity index is 1540. The van der Waals surface area contributed by atoms with Crippen molar-refractivity contribution in [2.24, 2.45) is 11.8 Å². The quantitative estimate of drug-likeness (QED) is 0.466. The van der Waals surface area contributed by atoms with Gasteiger partial charge in [-0.15, -0.1) is 0 Å². The molecule has 0 bridgehead atoms. The van der Waals surface area contributed by atoms with Crippen LogP contribution in [0.2, 0.25) is 0 Å². The van der Waals surface area contributed by atoms with E-state index in [4.69, 9.17) is 0 Å². The summed E-state index contributed by atoms with van der Waals surface area (Å²) in [6.07, 6.45) is 5.43. The fourth-order valence-corrected chi connectivity index (χ4v) is 6.06. The Hall–Kier alpha value is -3.94. The Morgan fingerprint density at radius 1 is 1.00 bits per heavy atom. The predicted octanol–water partition coefficient (Wildman–Crippen LogP) is 3.55. The summed E-state index contributed by atoms with van der Waals surface area (Å²) in [5.74, 6) is 0.885. The zero-order chi connectivity index (χ0) is 24.8. The van der Waals surface area contributed by atoms with Crippen molar-refractivity contribution in [2.75, 3.05) is 13.1 Å². The minimum Gasteiger partial charge on any atom is -0.349 e. The predicted molar refractivity (Wildman–Crippen MR) is 137 cm³/mol. The highest BCUT2D eigenvalue weighted by Crippen LogP contribution is 2.37. The fraction of sp³-hybridized carbons (Fsp3) is 0.357. The van der Waals surface area contributed by atoms with Crippen LogP contribution in [-0.2, 0) is 0 Å². The number of benzene rings is 1. The van der Waals surface area contributed by atoms with Crippen LogP contribution in [0.1, 0.15) is 52.1 Å². The van der Waals surface area contributed by atoms with Gasteiger partial charge in [0, 0.05) is 47.4 Å². The number of piperidine rings is 1. The maximum Gasteiger partial charge on any atom is 0.257 e. The molecule has 1 aromatic carbocycles. The SMILES string of the molecule is Cc1cccc2c(C(=O)N3CCC4CC(NC(=O)c5cccc6[nH]c(=O)ccc56)CCC4C3)cnn12. The standard InChI is InChI=1S/C28H29N5O3/c1-17-4-2-7-25-23(15-29-33(17)25)28(36)32-13-12-18-14-20(9-8-19(18)16-32)30-27(35)22-5-3-6-24-21(22)10-11-26(34)31-24/h2-7,10-11,15,18-20H,8-9,12-14,16H2,1H3,(H,30,35)(H,31,34). The number of H-pyrrole nitrogens is 1. The van der Waals surface area contributed by atoms with Gasteiger partial charge in [0.2, 0.25) is 5.56 Å². The summed E-state index contributed by atoms with van der Waals surface area (Å²) in [5, 5.41) is 8.40. The average molecular weight is 484 g/mol. The van der Waals surface area contributed by atoms with Gasteiger partial charge in [0.15, 0.2) is 0 Å². The third kappa shape index (κ3) is 3.96. The topological polar surface area (TPSA) is 99.6 Å². The zero-order valence-electron chi connectivity index (χ0n) is 20.2. The van der Waals surface area contributed by atoms with Crippen LogP contribution in [0.4, 0.5) is 0 Å². The van der Waals surface area contributed by atoms with Gasteiger partial charge in [0.05, 0.1) is 17.3 Å². The van der Waals surface area contributed by atoms with Crippen LogP contribution in [0.3, 0.4) is 0 Å². The van der Waals surface area contributed by atoms with E-state index >= 15 is 0 Å². The largest absolute Gasteiger partial charge is 0.349 e. The maximum absolute atomic E-state index is 13.3. The van der Waals surface area contributed by atoms with Gasteiger partial charge < -0.3 is 15.2 Å². The Labute approximate surface area is 208 Å². The van der Waals surface area contributed by atoms with Gasteiger partial charge in [0.25, 0.3) is 11.8 Å². The van der Waals surface area contributed by atoms with Crippen LogP contribution in [0.5, 0.6) is 0 Å². The molecule has 2 aliphatic rings. The lowest BCUT2D eigenvalue weighted by Crippen LogP contribution is -2.49. The number of amides is 2. The van der Waals surface area contributed by atoms with Gasteiger partial charge in [-0.05, 0) is 74.8 Å². The average Bonchev–Trinajstić information content (AvgIpc) is 3.33. The molecule has 2 N–H and O–H groups in total. The molecule has 3 unspecified atom stereocenters. The summed E-state index contributed by atoms with van der Waals surface area (Å²) in [4.78, 5) is 42.9. The second-order valence-electron chi connectivity index (χ2n) is 10.2. The van der Waals surface area contributed by atoms with E-state index in [0.717, 1.165) is 55.4 Å². The molecule has 8 nitrogen and oxygen atoms in total. The molecule has 1 aliphatic carbocycles. The number of likely N-dealkylation sites (tertiary alicyclic amines) is 1. The second-order valence-corrected chi connectivity index (χ2v) is 10.2. The summed E-state index contributed by atoms with van der Waals surface area (Å²) in [6, 6.07) is 14.6. The number of fused-ring (bicyclic) bond motifs is 3. The lowest BCUT2D eigenvalue weighted by molar-refractivity contribution is 0.0480. The number of hydrogen-bond donors (Lipinski definition) is 2. The number of aromatic amines is 1. The molecule has 1 saturated heterocycles. The van der Waals surface area contributed by atoms with Gasteiger partial charge in [-0.3, -0.25) is 14.4 Å². The third-order valence-electron chi connectivity index (χ3n) is 7.96. The van der Waals surface area contributed by atoms with Crippen LogP contribution in [0.25, 0.3) is 16.4 Å². The first-order valence-electron chi connectivity index (χ1n) is 12.6. The number of aryl methyl sites for hydroxylation is 1. The monoisotopic (exact) mass is 483 g/mol. The highest BCUT2D eigenvalue weighted by Gasteiger charge is 2.37. The van der Waals surface area contributed by atoms with Crippen LogP contribution in [-0.4, -0.2) is 50.4 Å². The smallest absolute Gasteiger partial charge is 0.257 e. The molecule has 2 fully saturated rings. The molecule has 184 valence electrons.